The van der Waals surface area contributed by atoms with E-state index in [0.29, 0.717) is 12.0 Å². The van der Waals surface area contributed by atoms with Crippen molar-refractivity contribution < 1.29 is 9.18 Å². The van der Waals surface area contributed by atoms with E-state index in [1.165, 1.54) is 0 Å². The number of hydrogen-bond acceptors (Lipinski definition) is 1. The van der Waals surface area contributed by atoms with E-state index in [0.717, 1.165) is 22.4 Å². The van der Waals surface area contributed by atoms with Gasteiger partial charge in [-0.25, -0.2) is 4.39 Å². The molecule has 2 aromatic carbocycles. The summed E-state index contributed by atoms with van der Waals surface area (Å²) in [5.74, 6) is -0.186. The molecule has 0 fully saturated rings. The van der Waals surface area contributed by atoms with E-state index in [1.54, 1.807) is 19.1 Å². The molecule has 1 atom stereocenters. The molecule has 1 aliphatic rings. The molecule has 2 nitrogen and oxygen atoms in total. The van der Waals surface area contributed by atoms with E-state index >= 15 is 0 Å². The minimum absolute atomic E-state index is 0.0182. The number of rotatable bonds is 2. The fraction of sp³-hybridized carbons (Fsp3) is 0.188. The van der Waals surface area contributed by atoms with Crippen LogP contribution in [0.15, 0.2) is 36.4 Å². The molecule has 3 rings (SSSR count). The first-order valence-electron chi connectivity index (χ1n) is 6.37. The highest BCUT2D eigenvalue weighted by atomic mass is 79.9. The van der Waals surface area contributed by atoms with E-state index in [-0.39, 0.29) is 16.6 Å². The molecule has 2 aromatic rings. The van der Waals surface area contributed by atoms with Crippen molar-refractivity contribution in [3.8, 4) is 0 Å². The zero-order chi connectivity index (χ0) is 14.3. The standard InChI is InChI=1S/C16H13BrFNO/c1-9-2-3-11(7-13(9)18)16(17)10-4-5-14-12(6-10)8-15(20)19-14/h2-7,16H,8H2,1H3,(H,19,20). The number of fused-ring (bicyclic) bond motifs is 1. The third kappa shape index (κ3) is 2.36. The lowest BCUT2D eigenvalue weighted by atomic mass is 10.0. The van der Waals surface area contributed by atoms with Gasteiger partial charge in [0.1, 0.15) is 5.82 Å². The van der Waals surface area contributed by atoms with Gasteiger partial charge in [0, 0.05) is 5.69 Å². The number of carbonyl (C=O) groups is 1. The third-order valence-electron chi connectivity index (χ3n) is 3.54. The van der Waals surface area contributed by atoms with Gasteiger partial charge in [0.2, 0.25) is 5.91 Å². The lowest BCUT2D eigenvalue weighted by Crippen LogP contribution is -2.03. The number of aryl methyl sites for hydroxylation is 1. The van der Waals surface area contributed by atoms with Gasteiger partial charge in [0.05, 0.1) is 11.2 Å². The van der Waals surface area contributed by atoms with Crippen LogP contribution < -0.4 is 5.32 Å². The summed E-state index contributed by atoms with van der Waals surface area (Å²) in [5.41, 5.74) is 4.38. The molecule has 1 amide bonds. The first-order valence-corrected chi connectivity index (χ1v) is 7.29. The first-order chi connectivity index (χ1) is 9.54. The monoisotopic (exact) mass is 333 g/mol. The lowest BCUT2D eigenvalue weighted by Gasteiger charge is -2.13. The third-order valence-corrected chi connectivity index (χ3v) is 4.59. The maximum atomic E-state index is 13.7. The molecule has 102 valence electrons. The number of carbonyl (C=O) groups excluding carboxylic acids is 1. The fourth-order valence-electron chi connectivity index (χ4n) is 2.37. The number of alkyl halides is 1. The maximum absolute atomic E-state index is 13.7. The van der Waals surface area contributed by atoms with Crippen molar-refractivity contribution in [1.29, 1.82) is 0 Å². The Balaban J connectivity index is 1.94. The number of halogens is 2. The van der Waals surface area contributed by atoms with E-state index in [1.807, 2.05) is 24.3 Å². The molecule has 0 aromatic heterocycles. The summed E-state index contributed by atoms with van der Waals surface area (Å²) in [5, 5.41) is 2.81. The highest BCUT2D eigenvalue weighted by molar-refractivity contribution is 9.09. The summed E-state index contributed by atoms with van der Waals surface area (Å²) < 4.78 is 13.7. The molecule has 1 unspecified atom stereocenters. The van der Waals surface area contributed by atoms with Crippen LogP contribution in [0.2, 0.25) is 0 Å². The van der Waals surface area contributed by atoms with Crippen molar-refractivity contribution in [2.24, 2.45) is 0 Å². The van der Waals surface area contributed by atoms with Gasteiger partial charge in [0.25, 0.3) is 0 Å². The minimum Gasteiger partial charge on any atom is -0.326 e. The largest absolute Gasteiger partial charge is 0.326 e. The molecular formula is C16H13BrFNO. The highest BCUT2D eigenvalue weighted by Crippen LogP contribution is 2.34. The first kappa shape index (κ1) is 13.3. The van der Waals surface area contributed by atoms with Crippen molar-refractivity contribution in [2.75, 3.05) is 5.32 Å². The van der Waals surface area contributed by atoms with Crippen molar-refractivity contribution in [3.63, 3.8) is 0 Å². The SMILES string of the molecule is Cc1ccc(C(Br)c2ccc3c(c2)CC(=O)N3)cc1F. The maximum Gasteiger partial charge on any atom is 0.228 e. The Morgan fingerprint density at radius 3 is 2.65 bits per heavy atom. The van der Waals surface area contributed by atoms with Gasteiger partial charge in [-0.1, -0.05) is 40.2 Å². The van der Waals surface area contributed by atoms with Crippen LogP contribution in [0.4, 0.5) is 10.1 Å². The van der Waals surface area contributed by atoms with Crippen LogP contribution in [0, 0.1) is 12.7 Å². The number of anilines is 1. The Hall–Kier alpha value is -1.68. The van der Waals surface area contributed by atoms with E-state index < -0.39 is 0 Å². The Labute approximate surface area is 125 Å². The predicted molar refractivity (Wildman–Crippen MR) is 80.7 cm³/mol. The predicted octanol–water partition coefficient (Wildman–Crippen LogP) is 4.11. The summed E-state index contributed by atoms with van der Waals surface area (Å²) >= 11 is 3.60. The summed E-state index contributed by atoms with van der Waals surface area (Å²) in [7, 11) is 0. The number of benzene rings is 2. The van der Waals surface area contributed by atoms with Gasteiger partial charge in [0.15, 0.2) is 0 Å². The van der Waals surface area contributed by atoms with Crippen molar-refractivity contribution >= 4 is 27.5 Å². The van der Waals surface area contributed by atoms with E-state index in [2.05, 4.69) is 21.2 Å². The molecule has 1 aliphatic heterocycles. The van der Waals surface area contributed by atoms with Crippen LogP contribution >= 0.6 is 15.9 Å². The second-order valence-corrected chi connectivity index (χ2v) is 5.93. The number of amides is 1. The second-order valence-electron chi connectivity index (χ2n) is 5.01. The molecule has 0 bridgehead atoms. The molecule has 1 heterocycles. The Morgan fingerprint density at radius 2 is 1.90 bits per heavy atom. The smallest absolute Gasteiger partial charge is 0.228 e. The zero-order valence-electron chi connectivity index (χ0n) is 10.9. The van der Waals surface area contributed by atoms with Gasteiger partial charge in [-0.15, -0.1) is 0 Å². The Morgan fingerprint density at radius 1 is 1.20 bits per heavy atom. The molecule has 4 heteroatoms. The molecule has 20 heavy (non-hydrogen) atoms. The number of nitrogens with one attached hydrogen (secondary N) is 1. The van der Waals surface area contributed by atoms with Crippen molar-refractivity contribution in [3.05, 3.63) is 64.5 Å². The molecular weight excluding hydrogens is 321 g/mol. The minimum atomic E-state index is -0.204. The van der Waals surface area contributed by atoms with Crippen LogP contribution in [0.1, 0.15) is 27.1 Å². The van der Waals surface area contributed by atoms with E-state index in [9.17, 15) is 9.18 Å². The number of hydrogen-bond donors (Lipinski definition) is 1. The van der Waals surface area contributed by atoms with Gasteiger partial charge in [-0.3, -0.25) is 4.79 Å². The summed E-state index contributed by atoms with van der Waals surface area (Å²) in [6.45, 7) is 1.75. The van der Waals surface area contributed by atoms with Crippen LogP contribution in [0.5, 0.6) is 0 Å². The highest BCUT2D eigenvalue weighted by Gasteiger charge is 2.20. The van der Waals surface area contributed by atoms with Gasteiger partial charge in [-0.05, 0) is 41.3 Å². The van der Waals surface area contributed by atoms with Crippen molar-refractivity contribution in [2.45, 2.75) is 18.2 Å². The average molecular weight is 334 g/mol. The summed E-state index contributed by atoms with van der Waals surface area (Å²) in [6.07, 6.45) is 0.408. The summed E-state index contributed by atoms with van der Waals surface area (Å²) in [4.78, 5) is 11.3. The fourth-order valence-corrected chi connectivity index (χ4v) is 2.94. The molecule has 0 spiro atoms. The van der Waals surface area contributed by atoms with Gasteiger partial charge >= 0.3 is 0 Å². The van der Waals surface area contributed by atoms with Gasteiger partial charge < -0.3 is 5.32 Å². The quantitative estimate of drug-likeness (QED) is 0.823. The molecule has 0 radical (unpaired) electrons. The Kier molecular flexibility index (Phi) is 3.34. The van der Waals surface area contributed by atoms with E-state index in [4.69, 9.17) is 0 Å². The second kappa shape index (κ2) is 5.02. The molecule has 0 saturated carbocycles. The molecule has 0 saturated heterocycles. The molecule has 0 aliphatic carbocycles. The summed E-state index contributed by atoms with van der Waals surface area (Å²) in [6, 6.07) is 11.1. The van der Waals surface area contributed by atoms with Gasteiger partial charge in [-0.2, -0.15) is 0 Å². The lowest BCUT2D eigenvalue weighted by molar-refractivity contribution is -0.115. The van der Waals surface area contributed by atoms with Crippen LogP contribution in [-0.4, -0.2) is 5.91 Å². The Bertz CT molecular complexity index is 699. The van der Waals surface area contributed by atoms with Crippen LogP contribution in [0.25, 0.3) is 0 Å². The average Bonchev–Trinajstić information content (AvgIpc) is 2.80. The van der Waals surface area contributed by atoms with Crippen LogP contribution in [-0.2, 0) is 11.2 Å². The van der Waals surface area contributed by atoms with Crippen molar-refractivity contribution in [1.82, 2.24) is 0 Å². The van der Waals surface area contributed by atoms with Crippen LogP contribution in [0.3, 0.4) is 0 Å². The topological polar surface area (TPSA) is 29.1 Å². The normalized spacial score (nSPS) is 14.8. The molecule has 1 N–H and O–H groups in total. The zero-order valence-corrected chi connectivity index (χ0v) is 12.5.